The summed E-state index contributed by atoms with van der Waals surface area (Å²) in [5, 5.41) is 14.7. The number of likely N-dealkylation sites (tertiary alicyclic amines) is 1. The molecular weight excluding hydrogens is 414 g/mol. The Hall–Kier alpha value is -2.12. The first-order valence-corrected chi connectivity index (χ1v) is 11.7. The number of aryl methyl sites for hydroxylation is 1. The summed E-state index contributed by atoms with van der Waals surface area (Å²) in [6, 6.07) is 2.23. The summed E-state index contributed by atoms with van der Waals surface area (Å²) >= 11 is 6.66. The zero-order valence-electron chi connectivity index (χ0n) is 18.0. The van der Waals surface area contributed by atoms with Crippen molar-refractivity contribution in [1.82, 2.24) is 19.7 Å². The number of carbonyl (C=O) groups excluding carboxylic acids is 1. The molecule has 5 rings (SSSR count). The average Bonchev–Trinajstić information content (AvgIpc) is 3.33. The van der Waals surface area contributed by atoms with Crippen molar-refractivity contribution >= 4 is 23.3 Å². The second kappa shape index (κ2) is 8.10. The van der Waals surface area contributed by atoms with Crippen LogP contribution in [0.5, 0.6) is 0 Å². The molecule has 1 spiro atoms. The third-order valence-electron chi connectivity index (χ3n) is 7.39. The Morgan fingerprint density at radius 3 is 2.65 bits per heavy atom. The highest BCUT2D eigenvalue weighted by molar-refractivity contribution is 6.33. The number of aliphatic hydroxyl groups excluding tert-OH is 1. The lowest BCUT2D eigenvalue weighted by Gasteiger charge is -2.41. The highest BCUT2D eigenvalue weighted by Crippen LogP contribution is 2.44. The lowest BCUT2D eigenvalue weighted by atomic mass is 9.78. The summed E-state index contributed by atoms with van der Waals surface area (Å²) in [7, 11) is 1.89. The number of aliphatic hydroxyl groups is 1. The molecule has 0 aromatic carbocycles. The molecule has 3 fully saturated rings. The van der Waals surface area contributed by atoms with E-state index in [0.717, 1.165) is 75.0 Å². The number of hydrogen-bond acceptors (Lipinski definition) is 5. The summed E-state index contributed by atoms with van der Waals surface area (Å²) in [5.74, 6) is 1.06. The van der Waals surface area contributed by atoms with E-state index in [4.69, 9.17) is 11.6 Å². The molecule has 4 heterocycles. The largest absolute Gasteiger partial charge is 0.393 e. The quantitative estimate of drug-likeness (QED) is 0.788. The van der Waals surface area contributed by atoms with Gasteiger partial charge in [0.05, 0.1) is 22.7 Å². The van der Waals surface area contributed by atoms with Gasteiger partial charge in [-0.3, -0.25) is 9.48 Å². The molecule has 0 radical (unpaired) electrons. The Labute approximate surface area is 188 Å². The van der Waals surface area contributed by atoms with E-state index in [1.807, 2.05) is 25.5 Å². The molecule has 166 valence electrons. The molecule has 0 unspecified atom stereocenters. The van der Waals surface area contributed by atoms with Crippen LogP contribution in [-0.2, 0) is 11.8 Å². The van der Waals surface area contributed by atoms with Crippen molar-refractivity contribution in [3.8, 4) is 11.1 Å². The second-order valence-corrected chi connectivity index (χ2v) is 9.86. The standard InChI is InChI=1S/C23H30ClN5O2/c1-27-14-17(13-26-27)16-11-20(24)21(25-12-16)28-9-2-7-23(15-28)8-10-29(22(23)31)18-3-5-19(30)6-4-18/h11-14,18-19,30H,2-10,15H2,1H3/t18-,19-,23-/m1/s1. The molecule has 8 heteroatoms. The number of hydrogen-bond donors (Lipinski definition) is 1. The summed E-state index contributed by atoms with van der Waals surface area (Å²) in [6.07, 6.45) is 11.6. The lowest BCUT2D eigenvalue weighted by molar-refractivity contribution is -0.139. The lowest BCUT2D eigenvalue weighted by Crippen LogP contribution is -2.50. The smallest absolute Gasteiger partial charge is 0.230 e. The van der Waals surface area contributed by atoms with Crippen LogP contribution in [0.15, 0.2) is 24.7 Å². The molecule has 7 nitrogen and oxygen atoms in total. The Morgan fingerprint density at radius 1 is 1.13 bits per heavy atom. The molecule has 2 saturated heterocycles. The zero-order chi connectivity index (χ0) is 21.6. The first-order valence-electron chi connectivity index (χ1n) is 11.3. The number of halogens is 1. The molecule has 2 aliphatic heterocycles. The highest BCUT2D eigenvalue weighted by atomic mass is 35.5. The number of piperidine rings is 1. The third-order valence-corrected chi connectivity index (χ3v) is 7.67. The van der Waals surface area contributed by atoms with Gasteiger partial charge < -0.3 is 14.9 Å². The Balaban J connectivity index is 1.33. The van der Waals surface area contributed by atoms with Crippen molar-refractivity contribution < 1.29 is 9.90 Å². The van der Waals surface area contributed by atoms with Crippen LogP contribution in [-0.4, -0.2) is 62.5 Å². The van der Waals surface area contributed by atoms with E-state index in [1.165, 1.54) is 0 Å². The van der Waals surface area contributed by atoms with E-state index in [1.54, 1.807) is 10.9 Å². The molecule has 1 aliphatic carbocycles. The molecule has 2 aromatic rings. The van der Waals surface area contributed by atoms with Gasteiger partial charge in [-0.25, -0.2) is 4.98 Å². The van der Waals surface area contributed by atoms with Crippen LogP contribution in [0, 0.1) is 5.41 Å². The predicted octanol–water partition coefficient (Wildman–Crippen LogP) is 3.26. The fourth-order valence-electron chi connectivity index (χ4n) is 5.65. The first-order chi connectivity index (χ1) is 14.9. The molecule has 1 atom stereocenters. The molecule has 1 N–H and O–H groups in total. The second-order valence-electron chi connectivity index (χ2n) is 9.45. The molecular formula is C23H30ClN5O2. The van der Waals surface area contributed by atoms with E-state index >= 15 is 0 Å². The number of rotatable bonds is 3. The Morgan fingerprint density at radius 2 is 1.94 bits per heavy atom. The van der Waals surface area contributed by atoms with Crippen LogP contribution in [0.1, 0.15) is 44.9 Å². The van der Waals surface area contributed by atoms with Gasteiger partial charge in [0.1, 0.15) is 5.82 Å². The summed E-state index contributed by atoms with van der Waals surface area (Å²) in [4.78, 5) is 22.5. The normalized spacial score (nSPS) is 29.2. The van der Waals surface area contributed by atoms with Crippen molar-refractivity contribution in [2.75, 3.05) is 24.5 Å². The highest BCUT2D eigenvalue weighted by Gasteiger charge is 2.51. The predicted molar refractivity (Wildman–Crippen MR) is 120 cm³/mol. The minimum absolute atomic E-state index is 0.198. The van der Waals surface area contributed by atoms with Crippen molar-refractivity contribution in [2.45, 2.75) is 57.1 Å². The Kier molecular flexibility index (Phi) is 5.42. The Bertz CT molecular complexity index is 971. The monoisotopic (exact) mass is 443 g/mol. The van der Waals surface area contributed by atoms with Gasteiger partial charge in [0.25, 0.3) is 0 Å². The van der Waals surface area contributed by atoms with Crippen LogP contribution in [0.2, 0.25) is 5.02 Å². The number of pyridine rings is 1. The number of aromatic nitrogens is 3. The van der Waals surface area contributed by atoms with Crippen LogP contribution < -0.4 is 4.90 Å². The van der Waals surface area contributed by atoms with Crippen LogP contribution in [0.4, 0.5) is 5.82 Å². The van der Waals surface area contributed by atoms with Crippen LogP contribution >= 0.6 is 11.6 Å². The molecule has 1 amide bonds. The minimum atomic E-state index is -0.332. The molecule has 31 heavy (non-hydrogen) atoms. The SMILES string of the molecule is Cn1cc(-c2cnc(N3CCC[C@@]4(CCN([C@H]5CC[C@H](O)CC5)C4=O)C3)c(Cl)c2)cn1. The van der Waals surface area contributed by atoms with Crippen molar-refractivity contribution in [3.63, 3.8) is 0 Å². The van der Waals surface area contributed by atoms with E-state index in [0.29, 0.717) is 17.5 Å². The molecule has 1 saturated carbocycles. The number of anilines is 1. The van der Waals surface area contributed by atoms with E-state index in [2.05, 4.69) is 19.9 Å². The zero-order valence-corrected chi connectivity index (χ0v) is 18.8. The first kappa shape index (κ1) is 20.8. The molecule has 2 aromatic heterocycles. The van der Waals surface area contributed by atoms with Gasteiger partial charge in [-0.2, -0.15) is 5.10 Å². The van der Waals surface area contributed by atoms with Crippen LogP contribution in [0.3, 0.4) is 0 Å². The fourth-order valence-corrected chi connectivity index (χ4v) is 5.93. The topological polar surface area (TPSA) is 74.5 Å². The maximum absolute atomic E-state index is 13.5. The summed E-state index contributed by atoms with van der Waals surface area (Å²) < 4.78 is 1.76. The van der Waals surface area contributed by atoms with Gasteiger partial charge in [-0.05, 0) is 51.0 Å². The number of nitrogens with zero attached hydrogens (tertiary/aromatic N) is 5. The number of carbonyl (C=O) groups is 1. The summed E-state index contributed by atoms with van der Waals surface area (Å²) in [6.45, 7) is 2.37. The third kappa shape index (κ3) is 3.82. The van der Waals surface area contributed by atoms with Gasteiger partial charge in [0.2, 0.25) is 5.91 Å². The van der Waals surface area contributed by atoms with E-state index < -0.39 is 0 Å². The molecule has 3 aliphatic rings. The van der Waals surface area contributed by atoms with Crippen molar-refractivity contribution in [1.29, 1.82) is 0 Å². The van der Waals surface area contributed by atoms with Crippen LogP contribution in [0.25, 0.3) is 11.1 Å². The van der Waals surface area contributed by atoms with Gasteiger partial charge >= 0.3 is 0 Å². The van der Waals surface area contributed by atoms with Crippen molar-refractivity contribution in [3.05, 3.63) is 29.7 Å². The van der Waals surface area contributed by atoms with Gasteiger partial charge in [0.15, 0.2) is 0 Å². The maximum Gasteiger partial charge on any atom is 0.230 e. The van der Waals surface area contributed by atoms with Crippen molar-refractivity contribution in [2.24, 2.45) is 12.5 Å². The van der Waals surface area contributed by atoms with E-state index in [9.17, 15) is 9.90 Å². The summed E-state index contributed by atoms with van der Waals surface area (Å²) in [5.41, 5.74) is 1.59. The van der Waals surface area contributed by atoms with Gasteiger partial charge in [-0.15, -0.1) is 0 Å². The minimum Gasteiger partial charge on any atom is -0.393 e. The fraction of sp³-hybridized carbons (Fsp3) is 0.609. The average molecular weight is 444 g/mol. The van der Waals surface area contributed by atoms with Gasteiger partial charge in [-0.1, -0.05) is 11.6 Å². The maximum atomic E-state index is 13.5. The number of amides is 1. The van der Waals surface area contributed by atoms with E-state index in [-0.39, 0.29) is 17.6 Å². The molecule has 0 bridgehead atoms. The van der Waals surface area contributed by atoms with Gasteiger partial charge in [0, 0.05) is 56.2 Å².